The van der Waals surface area contributed by atoms with Crippen molar-refractivity contribution >= 4 is 28.4 Å². The summed E-state index contributed by atoms with van der Waals surface area (Å²) in [4.78, 5) is 34.2. The van der Waals surface area contributed by atoms with Gasteiger partial charge in [-0.05, 0) is 48.9 Å². The van der Waals surface area contributed by atoms with Crippen LogP contribution in [-0.2, 0) is 17.9 Å². The van der Waals surface area contributed by atoms with Gasteiger partial charge in [-0.1, -0.05) is 24.6 Å². The third kappa shape index (κ3) is 5.15. The minimum Gasteiger partial charge on any atom is -0.454 e. The number of benzene rings is 2. The van der Waals surface area contributed by atoms with Gasteiger partial charge in [0, 0.05) is 11.6 Å². The lowest BCUT2D eigenvalue weighted by Crippen LogP contribution is -2.37. The normalized spacial score (nSPS) is 12.5. The number of fused-ring (bicyclic) bond motifs is 2. The van der Waals surface area contributed by atoms with Crippen LogP contribution in [0.25, 0.3) is 10.9 Å². The van der Waals surface area contributed by atoms with E-state index in [-0.39, 0.29) is 24.8 Å². The number of rotatable bonds is 8. The molecule has 2 N–H and O–H groups in total. The van der Waals surface area contributed by atoms with Crippen molar-refractivity contribution in [3.05, 3.63) is 63.2 Å². The minimum atomic E-state index is -0.222. The van der Waals surface area contributed by atoms with Crippen molar-refractivity contribution in [3.8, 4) is 11.5 Å². The molecule has 0 aliphatic carbocycles. The standard InChI is InChI=1S/C22H23ClN4O4/c1-2-7-27(11-20-25-17-9-15(23)4-5-16(17)22(29)26-20)12-21(28)24-10-14-3-6-18-19(8-14)31-13-30-18/h3-6,8-9H,2,7,10-13H2,1H3,(H,24,28)(H,25,26,29). The molecule has 0 spiro atoms. The number of ether oxygens (including phenoxy) is 2. The Morgan fingerprint density at radius 2 is 2.06 bits per heavy atom. The smallest absolute Gasteiger partial charge is 0.258 e. The fraction of sp³-hybridized carbons (Fsp3) is 0.318. The molecule has 31 heavy (non-hydrogen) atoms. The maximum atomic E-state index is 12.5. The van der Waals surface area contributed by atoms with Gasteiger partial charge in [-0.15, -0.1) is 0 Å². The van der Waals surface area contributed by atoms with Gasteiger partial charge in [-0.2, -0.15) is 0 Å². The number of amides is 1. The van der Waals surface area contributed by atoms with E-state index in [1.807, 2.05) is 30.0 Å². The molecule has 0 saturated carbocycles. The fourth-order valence-electron chi connectivity index (χ4n) is 3.49. The third-order valence-electron chi connectivity index (χ3n) is 4.92. The molecule has 162 valence electrons. The van der Waals surface area contributed by atoms with Crippen LogP contribution in [0.15, 0.2) is 41.2 Å². The monoisotopic (exact) mass is 442 g/mol. The highest BCUT2D eigenvalue weighted by Gasteiger charge is 2.15. The van der Waals surface area contributed by atoms with Crippen molar-refractivity contribution < 1.29 is 14.3 Å². The van der Waals surface area contributed by atoms with E-state index < -0.39 is 0 Å². The quantitative estimate of drug-likeness (QED) is 0.557. The predicted molar refractivity (Wildman–Crippen MR) is 117 cm³/mol. The molecule has 0 atom stereocenters. The van der Waals surface area contributed by atoms with Crippen LogP contribution in [0.2, 0.25) is 5.02 Å². The van der Waals surface area contributed by atoms with Crippen LogP contribution >= 0.6 is 11.6 Å². The molecule has 2 heterocycles. The van der Waals surface area contributed by atoms with E-state index in [4.69, 9.17) is 21.1 Å². The van der Waals surface area contributed by atoms with Crippen molar-refractivity contribution in [2.75, 3.05) is 19.9 Å². The topological polar surface area (TPSA) is 96.6 Å². The Balaban J connectivity index is 1.40. The number of aromatic nitrogens is 2. The highest BCUT2D eigenvalue weighted by molar-refractivity contribution is 6.31. The molecule has 0 radical (unpaired) electrons. The lowest BCUT2D eigenvalue weighted by atomic mass is 10.2. The lowest BCUT2D eigenvalue weighted by Gasteiger charge is -2.20. The van der Waals surface area contributed by atoms with Gasteiger partial charge in [0.05, 0.1) is 24.0 Å². The fourth-order valence-corrected chi connectivity index (χ4v) is 3.65. The first kappa shape index (κ1) is 21.1. The molecule has 1 amide bonds. The number of H-pyrrole nitrogens is 1. The first-order valence-electron chi connectivity index (χ1n) is 10.1. The van der Waals surface area contributed by atoms with E-state index in [0.29, 0.717) is 52.9 Å². The minimum absolute atomic E-state index is 0.114. The van der Waals surface area contributed by atoms with E-state index in [1.54, 1.807) is 18.2 Å². The van der Waals surface area contributed by atoms with Crippen molar-refractivity contribution in [1.29, 1.82) is 0 Å². The van der Waals surface area contributed by atoms with Crippen molar-refractivity contribution in [2.24, 2.45) is 0 Å². The van der Waals surface area contributed by atoms with E-state index in [9.17, 15) is 9.59 Å². The molecular weight excluding hydrogens is 420 g/mol. The molecule has 1 aliphatic rings. The summed E-state index contributed by atoms with van der Waals surface area (Å²) in [5.74, 6) is 1.78. The molecule has 0 unspecified atom stereocenters. The van der Waals surface area contributed by atoms with Gasteiger partial charge in [-0.3, -0.25) is 14.5 Å². The lowest BCUT2D eigenvalue weighted by molar-refractivity contribution is -0.122. The molecule has 1 aliphatic heterocycles. The molecule has 0 bridgehead atoms. The molecule has 1 aromatic heterocycles. The Labute approximate surface area is 184 Å². The second-order valence-corrected chi connectivity index (χ2v) is 7.79. The second-order valence-electron chi connectivity index (χ2n) is 7.35. The Kier molecular flexibility index (Phi) is 6.39. The molecule has 9 heteroatoms. The summed E-state index contributed by atoms with van der Waals surface area (Å²) in [6.45, 7) is 3.87. The van der Waals surface area contributed by atoms with E-state index in [2.05, 4.69) is 15.3 Å². The number of nitrogens with zero attached hydrogens (tertiary/aromatic N) is 2. The number of halogens is 1. The Morgan fingerprint density at radius 1 is 1.23 bits per heavy atom. The van der Waals surface area contributed by atoms with Gasteiger partial charge >= 0.3 is 0 Å². The van der Waals surface area contributed by atoms with E-state index in [1.165, 1.54) is 0 Å². The number of hydrogen-bond donors (Lipinski definition) is 2. The number of carbonyl (C=O) groups is 1. The number of aromatic amines is 1. The Morgan fingerprint density at radius 3 is 2.90 bits per heavy atom. The average Bonchev–Trinajstić information content (AvgIpc) is 3.20. The molecule has 4 rings (SSSR count). The summed E-state index contributed by atoms with van der Waals surface area (Å²) in [5.41, 5.74) is 1.24. The SMILES string of the molecule is CCCN(CC(=O)NCc1ccc2c(c1)OCO2)Cc1nc2cc(Cl)ccc2c(=O)[nH]1. The van der Waals surface area contributed by atoms with E-state index >= 15 is 0 Å². The molecule has 8 nitrogen and oxygen atoms in total. The van der Waals surface area contributed by atoms with Gasteiger partial charge in [0.15, 0.2) is 11.5 Å². The summed E-state index contributed by atoms with van der Waals surface area (Å²) < 4.78 is 10.7. The van der Waals surface area contributed by atoms with Crippen LogP contribution in [0, 0.1) is 0 Å². The first-order chi connectivity index (χ1) is 15.0. The van der Waals surface area contributed by atoms with Crippen LogP contribution in [0.1, 0.15) is 24.7 Å². The van der Waals surface area contributed by atoms with Crippen LogP contribution in [0.4, 0.5) is 0 Å². The maximum Gasteiger partial charge on any atom is 0.258 e. The highest BCUT2D eigenvalue weighted by atomic mass is 35.5. The maximum absolute atomic E-state index is 12.5. The Bertz CT molecular complexity index is 1160. The largest absolute Gasteiger partial charge is 0.454 e. The Hall–Kier alpha value is -3.10. The van der Waals surface area contributed by atoms with Gasteiger partial charge < -0.3 is 19.8 Å². The van der Waals surface area contributed by atoms with Gasteiger partial charge in [0.25, 0.3) is 5.56 Å². The number of hydrogen-bond acceptors (Lipinski definition) is 6. The van der Waals surface area contributed by atoms with Crippen molar-refractivity contribution in [2.45, 2.75) is 26.4 Å². The van der Waals surface area contributed by atoms with Gasteiger partial charge in [-0.25, -0.2) is 4.98 Å². The summed E-state index contributed by atoms with van der Waals surface area (Å²) in [7, 11) is 0. The number of nitrogens with one attached hydrogen (secondary N) is 2. The van der Waals surface area contributed by atoms with Crippen molar-refractivity contribution in [3.63, 3.8) is 0 Å². The highest BCUT2D eigenvalue weighted by Crippen LogP contribution is 2.32. The molecule has 0 saturated heterocycles. The van der Waals surface area contributed by atoms with Crippen LogP contribution in [0.5, 0.6) is 11.5 Å². The molecule has 3 aromatic rings. The average molecular weight is 443 g/mol. The number of carbonyl (C=O) groups excluding carboxylic acids is 1. The second kappa shape index (κ2) is 9.36. The first-order valence-corrected chi connectivity index (χ1v) is 10.5. The summed E-state index contributed by atoms with van der Waals surface area (Å²) in [5, 5.41) is 3.93. The summed E-state index contributed by atoms with van der Waals surface area (Å²) in [6.07, 6.45) is 0.860. The zero-order chi connectivity index (χ0) is 21.8. The predicted octanol–water partition coefficient (Wildman–Crippen LogP) is 2.83. The zero-order valence-electron chi connectivity index (χ0n) is 17.1. The van der Waals surface area contributed by atoms with Crippen LogP contribution < -0.4 is 20.3 Å². The van der Waals surface area contributed by atoms with Crippen LogP contribution in [-0.4, -0.2) is 40.7 Å². The summed E-state index contributed by atoms with van der Waals surface area (Å²) in [6, 6.07) is 10.6. The van der Waals surface area contributed by atoms with Crippen molar-refractivity contribution in [1.82, 2.24) is 20.2 Å². The molecule has 0 fully saturated rings. The molecule has 2 aromatic carbocycles. The molecular formula is C22H23ClN4O4. The van der Waals surface area contributed by atoms with Gasteiger partial charge in [0.1, 0.15) is 5.82 Å². The van der Waals surface area contributed by atoms with Crippen LogP contribution in [0.3, 0.4) is 0 Å². The van der Waals surface area contributed by atoms with E-state index in [0.717, 1.165) is 12.0 Å². The van der Waals surface area contributed by atoms with Gasteiger partial charge in [0.2, 0.25) is 12.7 Å². The third-order valence-corrected chi connectivity index (χ3v) is 5.16. The summed E-state index contributed by atoms with van der Waals surface area (Å²) >= 11 is 6.03. The zero-order valence-corrected chi connectivity index (χ0v) is 17.9.